The Morgan fingerprint density at radius 1 is 1.08 bits per heavy atom. The summed E-state index contributed by atoms with van der Waals surface area (Å²) < 4.78 is 11.5. The first kappa shape index (κ1) is 17.2. The van der Waals surface area contributed by atoms with Crippen molar-refractivity contribution >= 4 is 46.4 Å². The third-order valence-corrected chi connectivity index (χ3v) is 5.43. The van der Waals surface area contributed by atoms with Gasteiger partial charge in [0.25, 0.3) is 0 Å². The van der Waals surface area contributed by atoms with Crippen molar-refractivity contribution < 1.29 is 14.3 Å². The number of carbonyl (C=O) groups excluding carboxylic acids is 1. The van der Waals surface area contributed by atoms with Crippen LogP contribution in [0.15, 0.2) is 59.7 Å². The summed E-state index contributed by atoms with van der Waals surface area (Å²) in [6, 6.07) is 14.3. The molecule has 26 heavy (non-hydrogen) atoms. The second-order valence-electron chi connectivity index (χ2n) is 5.60. The number of halogens is 2. The summed E-state index contributed by atoms with van der Waals surface area (Å²) in [6.45, 7) is 0.225. The van der Waals surface area contributed by atoms with Crippen LogP contribution in [0.25, 0.3) is 6.08 Å². The lowest BCUT2D eigenvalue weighted by Crippen LogP contribution is -1.98. The first-order chi connectivity index (χ1) is 12.6. The molecule has 4 rings (SSSR count). The highest BCUT2D eigenvalue weighted by Crippen LogP contribution is 2.36. The smallest absolute Gasteiger partial charge is 0.232 e. The fraction of sp³-hybridized carbons (Fsp3) is 0.0500. The van der Waals surface area contributed by atoms with Gasteiger partial charge in [0.15, 0.2) is 5.76 Å². The number of ether oxygens (including phenoxy) is 2. The molecule has 3 nitrogen and oxygen atoms in total. The van der Waals surface area contributed by atoms with E-state index in [2.05, 4.69) is 0 Å². The minimum atomic E-state index is -0.130. The van der Waals surface area contributed by atoms with E-state index in [1.807, 2.05) is 17.5 Å². The van der Waals surface area contributed by atoms with Crippen LogP contribution in [-0.2, 0) is 6.61 Å². The predicted octanol–water partition coefficient (Wildman–Crippen LogP) is 6.25. The van der Waals surface area contributed by atoms with Gasteiger partial charge in [-0.3, -0.25) is 4.79 Å². The molecule has 1 aliphatic rings. The molecule has 3 aromatic rings. The topological polar surface area (TPSA) is 35.5 Å². The molecule has 130 valence electrons. The molecular weight excluding hydrogens is 391 g/mol. The SMILES string of the molecule is O=C1/C(=C\c2cccs2)Oc2cc(OCc3c(Cl)cccc3Cl)ccc21. The van der Waals surface area contributed by atoms with Gasteiger partial charge in [0.2, 0.25) is 5.78 Å². The van der Waals surface area contributed by atoms with E-state index < -0.39 is 0 Å². The van der Waals surface area contributed by atoms with Crippen LogP contribution in [0.2, 0.25) is 10.0 Å². The van der Waals surface area contributed by atoms with Crippen molar-refractivity contribution in [2.75, 3.05) is 0 Å². The fourth-order valence-corrected chi connectivity index (χ4v) is 3.74. The standard InChI is InChI=1S/C20H12Cl2O3S/c21-16-4-1-5-17(22)15(16)11-24-12-6-7-14-18(9-12)25-19(20(14)23)10-13-3-2-8-26-13/h1-10H,11H2/b19-10+. The van der Waals surface area contributed by atoms with Crippen molar-refractivity contribution in [1.82, 2.24) is 0 Å². The molecule has 0 N–H and O–H groups in total. The van der Waals surface area contributed by atoms with Crippen molar-refractivity contribution in [3.63, 3.8) is 0 Å². The molecule has 0 saturated carbocycles. The molecule has 0 radical (unpaired) electrons. The molecule has 0 amide bonds. The lowest BCUT2D eigenvalue weighted by molar-refractivity contribution is 0.101. The highest BCUT2D eigenvalue weighted by molar-refractivity contribution is 7.10. The van der Waals surface area contributed by atoms with E-state index >= 15 is 0 Å². The van der Waals surface area contributed by atoms with Crippen LogP contribution < -0.4 is 9.47 Å². The van der Waals surface area contributed by atoms with Crippen molar-refractivity contribution in [1.29, 1.82) is 0 Å². The number of benzene rings is 2. The molecule has 2 heterocycles. The number of hydrogen-bond donors (Lipinski definition) is 0. The number of ketones is 1. The zero-order valence-electron chi connectivity index (χ0n) is 13.4. The summed E-state index contributed by atoms with van der Waals surface area (Å²) in [5.41, 5.74) is 1.24. The molecule has 2 aromatic carbocycles. The first-order valence-electron chi connectivity index (χ1n) is 7.79. The summed E-state index contributed by atoms with van der Waals surface area (Å²) in [6.07, 6.45) is 1.75. The van der Waals surface area contributed by atoms with Crippen molar-refractivity contribution in [3.8, 4) is 11.5 Å². The van der Waals surface area contributed by atoms with Gasteiger partial charge in [-0.15, -0.1) is 11.3 Å². The number of Topliss-reactive ketones (excluding diaryl/α,β-unsaturated/α-hetero) is 1. The van der Waals surface area contributed by atoms with Crippen molar-refractivity contribution in [3.05, 3.63) is 85.7 Å². The minimum absolute atomic E-state index is 0.130. The normalized spacial score (nSPS) is 14.4. The van der Waals surface area contributed by atoms with Gasteiger partial charge in [0.05, 0.1) is 5.56 Å². The number of rotatable bonds is 4. The lowest BCUT2D eigenvalue weighted by atomic mass is 10.1. The van der Waals surface area contributed by atoms with Gasteiger partial charge in [-0.1, -0.05) is 35.3 Å². The van der Waals surface area contributed by atoms with Crippen LogP contribution in [0, 0.1) is 0 Å². The Hall–Kier alpha value is -2.27. The van der Waals surface area contributed by atoms with Gasteiger partial charge in [-0.25, -0.2) is 0 Å². The molecule has 0 bridgehead atoms. The second-order valence-corrected chi connectivity index (χ2v) is 7.40. The zero-order valence-corrected chi connectivity index (χ0v) is 15.7. The third kappa shape index (κ3) is 3.36. The molecule has 0 aliphatic carbocycles. The molecule has 1 aliphatic heterocycles. The molecule has 0 spiro atoms. The van der Waals surface area contributed by atoms with E-state index in [0.717, 1.165) is 4.88 Å². The number of thiophene rings is 1. The molecule has 6 heteroatoms. The lowest BCUT2D eigenvalue weighted by Gasteiger charge is -2.10. The Kier molecular flexibility index (Phi) is 4.72. The molecular formula is C20H12Cl2O3S. The molecule has 1 aromatic heterocycles. The minimum Gasteiger partial charge on any atom is -0.489 e. The Morgan fingerprint density at radius 2 is 1.88 bits per heavy atom. The van der Waals surface area contributed by atoms with Crippen molar-refractivity contribution in [2.24, 2.45) is 0 Å². The molecule has 0 unspecified atom stereocenters. The summed E-state index contributed by atoms with van der Waals surface area (Å²) in [7, 11) is 0. The number of hydrogen-bond acceptors (Lipinski definition) is 4. The van der Waals surface area contributed by atoms with Crippen LogP contribution >= 0.6 is 34.5 Å². The summed E-state index contributed by atoms with van der Waals surface area (Å²) in [5.74, 6) is 1.24. The maximum absolute atomic E-state index is 12.4. The molecule has 0 saturated heterocycles. The number of fused-ring (bicyclic) bond motifs is 1. The van der Waals surface area contributed by atoms with Gasteiger partial charge < -0.3 is 9.47 Å². The molecule has 0 atom stereocenters. The highest BCUT2D eigenvalue weighted by Gasteiger charge is 2.27. The first-order valence-corrected chi connectivity index (χ1v) is 9.43. The van der Waals surface area contributed by atoms with Gasteiger partial charge in [-0.2, -0.15) is 0 Å². The summed E-state index contributed by atoms with van der Waals surface area (Å²) in [4.78, 5) is 13.4. The number of allylic oxidation sites excluding steroid dienone is 1. The Balaban J connectivity index is 1.54. The zero-order chi connectivity index (χ0) is 18.1. The van der Waals surface area contributed by atoms with Gasteiger partial charge in [0, 0.05) is 32.6 Å². The van der Waals surface area contributed by atoms with E-state index in [0.29, 0.717) is 38.4 Å². The average Bonchev–Trinajstić information content (AvgIpc) is 3.23. The van der Waals surface area contributed by atoms with Gasteiger partial charge in [-0.05, 0) is 35.7 Å². The Labute approximate surface area is 164 Å². The largest absolute Gasteiger partial charge is 0.489 e. The van der Waals surface area contributed by atoms with E-state index in [1.54, 1.807) is 53.8 Å². The van der Waals surface area contributed by atoms with Crippen LogP contribution in [-0.4, -0.2) is 5.78 Å². The van der Waals surface area contributed by atoms with Crippen LogP contribution in [0.3, 0.4) is 0 Å². The van der Waals surface area contributed by atoms with Gasteiger partial charge in [0.1, 0.15) is 18.1 Å². The monoisotopic (exact) mass is 402 g/mol. The van der Waals surface area contributed by atoms with E-state index in [-0.39, 0.29) is 12.4 Å². The average molecular weight is 403 g/mol. The van der Waals surface area contributed by atoms with E-state index in [1.165, 1.54) is 0 Å². The highest BCUT2D eigenvalue weighted by atomic mass is 35.5. The predicted molar refractivity (Wildman–Crippen MR) is 104 cm³/mol. The van der Waals surface area contributed by atoms with Gasteiger partial charge >= 0.3 is 0 Å². The van der Waals surface area contributed by atoms with Crippen LogP contribution in [0.5, 0.6) is 11.5 Å². The summed E-state index contributed by atoms with van der Waals surface area (Å²) in [5, 5.41) is 3.04. The third-order valence-electron chi connectivity index (χ3n) is 3.90. The fourth-order valence-electron chi connectivity index (χ4n) is 2.59. The Morgan fingerprint density at radius 3 is 2.62 bits per heavy atom. The quantitative estimate of drug-likeness (QED) is 0.483. The number of carbonyl (C=O) groups is 1. The van der Waals surface area contributed by atoms with Crippen molar-refractivity contribution in [2.45, 2.75) is 6.61 Å². The molecule has 0 fully saturated rings. The Bertz CT molecular complexity index is 990. The van der Waals surface area contributed by atoms with E-state index in [9.17, 15) is 4.79 Å². The van der Waals surface area contributed by atoms with E-state index in [4.69, 9.17) is 32.7 Å². The van der Waals surface area contributed by atoms with Crippen LogP contribution in [0.4, 0.5) is 0 Å². The maximum atomic E-state index is 12.4. The summed E-state index contributed by atoms with van der Waals surface area (Å²) >= 11 is 13.9. The van der Waals surface area contributed by atoms with Crippen LogP contribution in [0.1, 0.15) is 20.8 Å². The maximum Gasteiger partial charge on any atom is 0.232 e. The second kappa shape index (κ2) is 7.16.